The van der Waals surface area contributed by atoms with Gasteiger partial charge in [-0.25, -0.2) is 14.8 Å². The number of hydrogen-bond acceptors (Lipinski definition) is 5. The lowest BCUT2D eigenvalue weighted by Gasteiger charge is -2.21. The molecule has 0 bridgehead atoms. The van der Waals surface area contributed by atoms with Crippen molar-refractivity contribution in [1.82, 2.24) is 9.97 Å². The van der Waals surface area contributed by atoms with Crippen molar-refractivity contribution >= 4 is 11.9 Å². The van der Waals surface area contributed by atoms with Gasteiger partial charge >= 0.3 is 5.97 Å². The van der Waals surface area contributed by atoms with Crippen molar-refractivity contribution in [2.45, 2.75) is 19.3 Å². The summed E-state index contributed by atoms with van der Waals surface area (Å²) in [6.07, 6.45) is 4.75. The topological polar surface area (TPSA) is 84.3 Å². The van der Waals surface area contributed by atoms with Gasteiger partial charge in [0.15, 0.2) is 5.69 Å². The summed E-state index contributed by atoms with van der Waals surface area (Å²) >= 11 is 0. The summed E-state index contributed by atoms with van der Waals surface area (Å²) in [4.78, 5) is 18.6. The zero-order valence-corrected chi connectivity index (χ0v) is 10.1. The standard InChI is InChI=1S/C12H17N3O3/c16-11(17)10-4-6-14-12(15-10)13-5-3-9-2-1-7-18-8-9/h4,6,9H,1-3,5,7-8H2,(H,16,17)(H,13,14,15). The lowest BCUT2D eigenvalue weighted by atomic mass is 9.99. The molecule has 1 aliphatic rings. The van der Waals surface area contributed by atoms with Crippen molar-refractivity contribution in [3.63, 3.8) is 0 Å². The molecule has 0 aliphatic carbocycles. The van der Waals surface area contributed by atoms with E-state index in [4.69, 9.17) is 9.84 Å². The SMILES string of the molecule is O=C(O)c1ccnc(NCCC2CCCOC2)n1. The van der Waals surface area contributed by atoms with Gasteiger partial charge in [0.25, 0.3) is 0 Å². The summed E-state index contributed by atoms with van der Waals surface area (Å²) in [7, 11) is 0. The first kappa shape index (κ1) is 12.8. The van der Waals surface area contributed by atoms with Crippen molar-refractivity contribution in [2.75, 3.05) is 25.1 Å². The number of hydrogen-bond donors (Lipinski definition) is 2. The van der Waals surface area contributed by atoms with E-state index in [1.807, 2.05) is 0 Å². The third kappa shape index (κ3) is 3.66. The van der Waals surface area contributed by atoms with Gasteiger partial charge in [0.05, 0.1) is 0 Å². The molecule has 0 aromatic carbocycles. The highest BCUT2D eigenvalue weighted by Crippen LogP contribution is 2.16. The van der Waals surface area contributed by atoms with Gasteiger partial charge in [0.1, 0.15) is 0 Å². The molecule has 1 atom stereocenters. The summed E-state index contributed by atoms with van der Waals surface area (Å²) in [5.41, 5.74) is 0.00787. The van der Waals surface area contributed by atoms with Crippen LogP contribution in [0, 0.1) is 5.92 Å². The van der Waals surface area contributed by atoms with Crippen LogP contribution < -0.4 is 5.32 Å². The van der Waals surface area contributed by atoms with Crippen LogP contribution in [0.15, 0.2) is 12.3 Å². The Hall–Kier alpha value is -1.69. The van der Waals surface area contributed by atoms with Crippen LogP contribution >= 0.6 is 0 Å². The highest BCUT2D eigenvalue weighted by atomic mass is 16.5. The van der Waals surface area contributed by atoms with E-state index in [1.54, 1.807) is 0 Å². The number of carboxylic acids is 1. The van der Waals surface area contributed by atoms with Crippen molar-refractivity contribution in [1.29, 1.82) is 0 Å². The highest BCUT2D eigenvalue weighted by Gasteiger charge is 2.13. The lowest BCUT2D eigenvalue weighted by Crippen LogP contribution is -2.20. The lowest BCUT2D eigenvalue weighted by molar-refractivity contribution is 0.0530. The maximum Gasteiger partial charge on any atom is 0.354 e. The minimum Gasteiger partial charge on any atom is -0.477 e. The molecule has 6 heteroatoms. The molecule has 2 heterocycles. The summed E-state index contributed by atoms with van der Waals surface area (Å²) in [5.74, 6) is -0.0957. The fourth-order valence-corrected chi connectivity index (χ4v) is 1.99. The first-order valence-corrected chi connectivity index (χ1v) is 6.13. The Morgan fingerprint density at radius 3 is 3.22 bits per heavy atom. The summed E-state index contributed by atoms with van der Waals surface area (Å²) < 4.78 is 5.40. The van der Waals surface area contributed by atoms with Crippen LogP contribution in [0.3, 0.4) is 0 Å². The third-order valence-electron chi connectivity index (χ3n) is 2.96. The van der Waals surface area contributed by atoms with Gasteiger partial charge in [-0.3, -0.25) is 0 Å². The van der Waals surface area contributed by atoms with E-state index in [1.165, 1.54) is 18.7 Å². The number of aromatic carboxylic acids is 1. The van der Waals surface area contributed by atoms with Gasteiger partial charge in [-0.2, -0.15) is 0 Å². The molecular formula is C12H17N3O3. The monoisotopic (exact) mass is 251 g/mol. The predicted octanol–water partition coefficient (Wildman–Crippen LogP) is 1.40. The number of nitrogens with zero attached hydrogens (tertiary/aromatic N) is 2. The molecule has 1 aromatic heterocycles. The number of carboxylic acid groups (broad SMARTS) is 1. The fraction of sp³-hybridized carbons (Fsp3) is 0.583. The van der Waals surface area contributed by atoms with Crippen molar-refractivity contribution in [3.05, 3.63) is 18.0 Å². The smallest absolute Gasteiger partial charge is 0.354 e. The Labute approximate surface area is 105 Å². The minimum absolute atomic E-state index is 0.00787. The number of aromatic nitrogens is 2. The van der Waals surface area contributed by atoms with Gasteiger partial charge in [0, 0.05) is 26.0 Å². The van der Waals surface area contributed by atoms with Crippen LogP contribution in [0.4, 0.5) is 5.95 Å². The second-order valence-corrected chi connectivity index (χ2v) is 4.37. The molecule has 1 unspecified atom stereocenters. The molecule has 1 aromatic rings. The highest BCUT2D eigenvalue weighted by molar-refractivity contribution is 5.85. The number of rotatable bonds is 5. The van der Waals surface area contributed by atoms with Crippen molar-refractivity contribution < 1.29 is 14.6 Å². The molecule has 0 amide bonds. The maximum atomic E-state index is 10.7. The Kier molecular flexibility index (Phi) is 4.46. The van der Waals surface area contributed by atoms with E-state index in [-0.39, 0.29) is 5.69 Å². The zero-order chi connectivity index (χ0) is 12.8. The first-order chi connectivity index (χ1) is 8.75. The largest absolute Gasteiger partial charge is 0.477 e. The van der Waals surface area contributed by atoms with Crippen molar-refractivity contribution in [3.8, 4) is 0 Å². The molecule has 6 nitrogen and oxygen atoms in total. The average Bonchev–Trinajstić information content (AvgIpc) is 2.40. The molecular weight excluding hydrogens is 234 g/mol. The van der Waals surface area contributed by atoms with Gasteiger partial charge in [0.2, 0.25) is 5.95 Å². The Morgan fingerprint density at radius 1 is 1.61 bits per heavy atom. The molecule has 1 saturated heterocycles. The second kappa shape index (κ2) is 6.30. The molecule has 98 valence electrons. The molecule has 1 fully saturated rings. The number of ether oxygens (including phenoxy) is 1. The number of carbonyl (C=O) groups is 1. The van der Waals surface area contributed by atoms with Crippen molar-refractivity contribution in [2.24, 2.45) is 5.92 Å². The molecule has 0 saturated carbocycles. The normalized spacial score (nSPS) is 19.4. The molecule has 0 spiro atoms. The molecule has 18 heavy (non-hydrogen) atoms. The van der Waals surface area contributed by atoms with Crippen LogP contribution in [-0.4, -0.2) is 40.8 Å². The average molecular weight is 251 g/mol. The summed E-state index contributed by atoms with van der Waals surface area (Å²) in [6, 6.07) is 1.38. The molecule has 0 radical (unpaired) electrons. The van der Waals surface area contributed by atoms with Crippen LogP contribution in [-0.2, 0) is 4.74 Å². The van der Waals surface area contributed by atoms with E-state index in [0.717, 1.165) is 32.6 Å². The van der Waals surface area contributed by atoms with Gasteiger partial charge < -0.3 is 15.2 Å². The molecule has 2 rings (SSSR count). The number of anilines is 1. The van der Waals surface area contributed by atoms with Crippen LogP contribution in [0.2, 0.25) is 0 Å². The molecule has 1 aliphatic heterocycles. The summed E-state index contributed by atoms with van der Waals surface area (Å²) in [5, 5.41) is 11.9. The predicted molar refractivity (Wildman–Crippen MR) is 65.6 cm³/mol. The Morgan fingerprint density at radius 2 is 2.50 bits per heavy atom. The van der Waals surface area contributed by atoms with Gasteiger partial charge in [-0.05, 0) is 31.2 Å². The van der Waals surface area contributed by atoms with E-state index >= 15 is 0 Å². The third-order valence-corrected chi connectivity index (χ3v) is 2.96. The first-order valence-electron chi connectivity index (χ1n) is 6.13. The quantitative estimate of drug-likeness (QED) is 0.823. The Bertz CT molecular complexity index is 405. The Balaban J connectivity index is 1.78. The van der Waals surface area contributed by atoms with Crippen LogP contribution in [0.5, 0.6) is 0 Å². The molecule has 2 N–H and O–H groups in total. The second-order valence-electron chi connectivity index (χ2n) is 4.37. The van der Waals surface area contributed by atoms with Gasteiger partial charge in [-0.15, -0.1) is 0 Å². The van der Waals surface area contributed by atoms with Crippen LogP contribution in [0.1, 0.15) is 29.8 Å². The van der Waals surface area contributed by atoms with Crippen LogP contribution in [0.25, 0.3) is 0 Å². The van der Waals surface area contributed by atoms with Gasteiger partial charge in [-0.1, -0.05) is 0 Å². The minimum atomic E-state index is -1.04. The fourth-order valence-electron chi connectivity index (χ4n) is 1.99. The van der Waals surface area contributed by atoms with E-state index in [0.29, 0.717) is 11.9 Å². The maximum absolute atomic E-state index is 10.7. The van der Waals surface area contributed by atoms with E-state index < -0.39 is 5.97 Å². The zero-order valence-electron chi connectivity index (χ0n) is 10.1. The summed E-state index contributed by atoms with van der Waals surface area (Å²) in [6.45, 7) is 2.42. The van der Waals surface area contributed by atoms with E-state index in [9.17, 15) is 4.79 Å². The van der Waals surface area contributed by atoms with E-state index in [2.05, 4.69) is 15.3 Å². The number of nitrogens with one attached hydrogen (secondary N) is 1.